The Morgan fingerprint density at radius 1 is 1.11 bits per heavy atom. The molecule has 2 saturated heterocycles. The van der Waals surface area contributed by atoms with Crippen LogP contribution in [0.25, 0.3) is 0 Å². The van der Waals surface area contributed by atoms with Gasteiger partial charge < -0.3 is 20.9 Å². The molecule has 0 radical (unpaired) electrons. The molecule has 0 spiro atoms. The summed E-state index contributed by atoms with van der Waals surface area (Å²) in [6, 6.07) is 10.5. The summed E-state index contributed by atoms with van der Waals surface area (Å²) in [5.41, 5.74) is 2.78. The number of nitrogens with zero attached hydrogens (tertiary/aromatic N) is 1. The maximum Gasteiger partial charge on any atom is 0.391 e. The van der Waals surface area contributed by atoms with Crippen LogP contribution in [0.5, 0.6) is 0 Å². The normalized spacial score (nSPS) is 18.9. The van der Waals surface area contributed by atoms with Crippen LogP contribution in [0.4, 0.5) is 34.6 Å². The highest BCUT2D eigenvalue weighted by Crippen LogP contribution is 2.37. The van der Waals surface area contributed by atoms with Gasteiger partial charge in [-0.25, -0.2) is 4.39 Å². The van der Waals surface area contributed by atoms with Crippen molar-refractivity contribution in [3.05, 3.63) is 53.3 Å². The summed E-state index contributed by atoms with van der Waals surface area (Å²) in [6.45, 7) is 2.77. The Balaban J connectivity index is 1.34. The van der Waals surface area contributed by atoms with E-state index in [0.29, 0.717) is 30.0 Å². The topological polar surface area (TPSA) is 73.5 Å². The van der Waals surface area contributed by atoms with Gasteiger partial charge in [-0.05, 0) is 49.6 Å². The van der Waals surface area contributed by atoms with Gasteiger partial charge >= 0.3 is 6.18 Å². The van der Waals surface area contributed by atoms with E-state index in [1.54, 1.807) is 31.2 Å². The zero-order valence-corrected chi connectivity index (χ0v) is 19.3. The van der Waals surface area contributed by atoms with E-state index in [1.807, 2.05) is 17.0 Å². The van der Waals surface area contributed by atoms with Gasteiger partial charge in [0.2, 0.25) is 11.8 Å². The number of halogens is 4. The number of benzene rings is 2. The predicted octanol–water partition coefficient (Wildman–Crippen LogP) is 4.41. The van der Waals surface area contributed by atoms with Crippen LogP contribution in [0.3, 0.4) is 0 Å². The van der Waals surface area contributed by atoms with Crippen LogP contribution in [0.1, 0.15) is 30.4 Å². The summed E-state index contributed by atoms with van der Waals surface area (Å²) in [5.74, 6) is -2.40. The molecule has 2 aliphatic rings. The van der Waals surface area contributed by atoms with Crippen molar-refractivity contribution in [2.75, 3.05) is 29.9 Å². The van der Waals surface area contributed by atoms with Crippen molar-refractivity contribution in [3.63, 3.8) is 0 Å². The first kappa shape index (κ1) is 24.8. The molecular weight excluding hydrogens is 464 g/mol. The molecule has 10 heteroatoms. The first-order chi connectivity index (χ1) is 16.6. The zero-order chi connectivity index (χ0) is 25.2. The number of anilines is 3. The van der Waals surface area contributed by atoms with Crippen LogP contribution in [0.15, 0.2) is 36.4 Å². The Bertz CT molecular complexity index is 1080. The minimum atomic E-state index is -4.19. The highest BCUT2D eigenvalue weighted by molar-refractivity contribution is 5.89. The maximum absolute atomic E-state index is 15.1. The lowest BCUT2D eigenvalue weighted by Crippen LogP contribution is -2.39. The van der Waals surface area contributed by atoms with Crippen LogP contribution in [-0.2, 0) is 16.1 Å². The van der Waals surface area contributed by atoms with Gasteiger partial charge in [-0.2, -0.15) is 13.2 Å². The lowest BCUT2D eigenvalue weighted by Gasteiger charge is -2.35. The third kappa shape index (κ3) is 5.86. The van der Waals surface area contributed by atoms with E-state index in [1.165, 1.54) is 0 Å². The van der Waals surface area contributed by atoms with E-state index in [4.69, 9.17) is 0 Å². The highest BCUT2D eigenvalue weighted by Gasteiger charge is 2.41. The van der Waals surface area contributed by atoms with E-state index in [-0.39, 0.29) is 55.8 Å². The van der Waals surface area contributed by atoms with Crippen molar-refractivity contribution < 1.29 is 27.2 Å². The number of rotatable bonds is 6. The molecule has 2 aliphatic heterocycles. The van der Waals surface area contributed by atoms with Crippen molar-refractivity contribution in [1.82, 2.24) is 10.6 Å². The van der Waals surface area contributed by atoms with Crippen LogP contribution < -0.4 is 20.9 Å². The van der Waals surface area contributed by atoms with Crippen molar-refractivity contribution in [2.45, 2.75) is 38.9 Å². The van der Waals surface area contributed by atoms with Gasteiger partial charge in [0.05, 0.1) is 17.5 Å². The molecule has 0 aliphatic carbocycles. The number of nitrogens with one attached hydrogen (secondary N) is 3. The number of piperidine rings is 1. The molecule has 4 rings (SSSR count). The van der Waals surface area contributed by atoms with Crippen LogP contribution in [0.2, 0.25) is 0 Å². The second kappa shape index (κ2) is 10.1. The van der Waals surface area contributed by atoms with Crippen molar-refractivity contribution >= 4 is 28.9 Å². The average molecular weight is 493 g/mol. The molecule has 1 unspecified atom stereocenters. The van der Waals surface area contributed by atoms with E-state index >= 15 is 4.39 Å². The molecule has 2 amide bonds. The largest absolute Gasteiger partial charge is 0.391 e. The molecule has 188 valence electrons. The summed E-state index contributed by atoms with van der Waals surface area (Å²) in [5, 5.41) is 8.49. The first-order valence-electron chi connectivity index (χ1n) is 11.6. The predicted molar refractivity (Wildman–Crippen MR) is 125 cm³/mol. The number of alkyl halides is 3. The molecule has 2 fully saturated rings. The lowest BCUT2D eigenvalue weighted by molar-refractivity contribution is -0.179. The van der Waals surface area contributed by atoms with E-state index in [9.17, 15) is 22.8 Å². The molecule has 35 heavy (non-hydrogen) atoms. The molecular formula is C25H28F4N4O2. The Labute approximate surface area is 201 Å². The fraction of sp³-hybridized carbons (Fsp3) is 0.440. The Morgan fingerprint density at radius 3 is 2.40 bits per heavy atom. The van der Waals surface area contributed by atoms with E-state index in [0.717, 1.165) is 5.56 Å². The number of carbonyl (C=O) groups excluding carboxylic acids is 2. The molecule has 2 heterocycles. The fourth-order valence-corrected chi connectivity index (χ4v) is 4.55. The number of hydrogen-bond donors (Lipinski definition) is 3. The standard InChI is InChI=1S/C25H28F4N4O2/c1-15-21(33-10-8-18(9-11-33)25(27,28)29)7-6-20(23(15)26)32-19-4-2-16(3-5-19)13-31-24(35)17-12-22(34)30-14-17/h2-7,17-18,32H,8-14H2,1H3,(H,30,34)(H,31,35). The second-order valence-electron chi connectivity index (χ2n) is 9.12. The molecule has 3 N–H and O–H groups in total. The minimum absolute atomic E-state index is 0.00698. The third-order valence-corrected chi connectivity index (χ3v) is 6.70. The third-order valence-electron chi connectivity index (χ3n) is 6.70. The molecule has 0 bridgehead atoms. The lowest BCUT2D eigenvalue weighted by atomic mass is 9.95. The summed E-state index contributed by atoms with van der Waals surface area (Å²) in [4.78, 5) is 25.2. The van der Waals surface area contributed by atoms with Gasteiger partial charge in [0, 0.05) is 49.5 Å². The maximum atomic E-state index is 15.1. The van der Waals surface area contributed by atoms with E-state index < -0.39 is 17.9 Å². The van der Waals surface area contributed by atoms with Gasteiger partial charge in [0.15, 0.2) is 5.82 Å². The molecule has 0 saturated carbocycles. The summed E-state index contributed by atoms with van der Waals surface area (Å²) in [7, 11) is 0. The Hall–Kier alpha value is -3.30. The van der Waals surface area contributed by atoms with Gasteiger partial charge in [-0.1, -0.05) is 12.1 Å². The number of hydrogen-bond acceptors (Lipinski definition) is 4. The highest BCUT2D eigenvalue weighted by atomic mass is 19.4. The van der Waals surface area contributed by atoms with Crippen molar-refractivity contribution in [3.8, 4) is 0 Å². The number of carbonyl (C=O) groups is 2. The summed E-state index contributed by atoms with van der Waals surface area (Å²) in [6.07, 6.45) is -3.97. The van der Waals surface area contributed by atoms with Crippen LogP contribution in [0, 0.1) is 24.6 Å². The Kier molecular flexibility index (Phi) is 7.18. The van der Waals surface area contributed by atoms with Crippen molar-refractivity contribution in [2.24, 2.45) is 11.8 Å². The van der Waals surface area contributed by atoms with Gasteiger partial charge in [-0.3, -0.25) is 9.59 Å². The van der Waals surface area contributed by atoms with E-state index in [2.05, 4.69) is 16.0 Å². The smallest absolute Gasteiger partial charge is 0.371 e. The molecule has 1 atom stereocenters. The SMILES string of the molecule is Cc1c(N2CCC(C(F)(F)F)CC2)ccc(Nc2ccc(CNC(=O)C3CNC(=O)C3)cc2)c1F. The molecule has 0 aromatic heterocycles. The zero-order valence-electron chi connectivity index (χ0n) is 19.3. The minimum Gasteiger partial charge on any atom is -0.371 e. The fourth-order valence-electron chi connectivity index (χ4n) is 4.55. The average Bonchev–Trinajstić information content (AvgIpc) is 3.27. The molecule has 2 aromatic carbocycles. The quantitative estimate of drug-likeness (QED) is 0.523. The Morgan fingerprint density at radius 2 is 1.80 bits per heavy atom. The summed E-state index contributed by atoms with van der Waals surface area (Å²) >= 11 is 0. The van der Waals surface area contributed by atoms with Gasteiger partial charge in [0.1, 0.15) is 0 Å². The van der Waals surface area contributed by atoms with Crippen LogP contribution >= 0.6 is 0 Å². The number of amides is 2. The van der Waals surface area contributed by atoms with Crippen LogP contribution in [-0.4, -0.2) is 37.6 Å². The summed E-state index contributed by atoms with van der Waals surface area (Å²) < 4.78 is 53.9. The second-order valence-corrected chi connectivity index (χ2v) is 9.12. The van der Waals surface area contributed by atoms with Gasteiger partial charge in [0.25, 0.3) is 0 Å². The van der Waals surface area contributed by atoms with Gasteiger partial charge in [-0.15, -0.1) is 0 Å². The molecule has 2 aromatic rings. The monoisotopic (exact) mass is 492 g/mol. The van der Waals surface area contributed by atoms with Crippen molar-refractivity contribution in [1.29, 1.82) is 0 Å². The first-order valence-corrected chi connectivity index (χ1v) is 11.6. The molecule has 6 nitrogen and oxygen atoms in total.